The highest BCUT2D eigenvalue weighted by molar-refractivity contribution is 7.92. The molecule has 0 spiro atoms. The fourth-order valence-corrected chi connectivity index (χ4v) is 5.07. The van der Waals surface area contributed by atoms with E-state index in [9.17, 15) is 13.2 Å². The molecule has 3 aromatic carbocycles. The molecule has 1 amide bonds. The summed E-state index contributed by atoms with van der Waals surface area (Å²) in [4.78, 5) is 13.2. The number of benzene rings is 3. The molecule has 32 heavy (non-hydrogen) atoms. The molecule has 168 valence electrons. The maximum atomic E-state index is 13.5. The Labute approximate surface area is 189 Å². The lowest BCUT2D eigenvalue weighted by molar-refractivity contribution is -0.120. The maximum absolute atomic E-state index is 13.5. The molecule has 0 saturated heterocycles. The minimum absolute atomic E-state index is 0.136. The van der Waals surface area contributed by atoms with Gasteiger partial charge in [0.15, 0.2) is 0 Å². The van der Waals surface area contributed by atoms with E-state index in [2.05, 4.69) is 5.32 Å². The zero-order valence-electron chi connectivity index (χ0n) is 18.5. The number of anilines is 1. The van der Waals surface area contributed by atoms with Crippen LogP contribution in [0.4, 0.5) is 5.69 Å². The first-order chi connectivity index (χ1) is 15.4. The predicted molar refractivity (Wildman–Crippen MR) is 126 cm³/mol. The molecule has 0 aromatic heterocycles. The van der Waals surface area contributed by atoms with E-state index in [0.29, 0.717) is 17.9 Å². The van der Waals surface area contributed by atoms with Gasteiger partial charge in [0.1, 0.15) is 12.3 Å². The topological polar surface area (TPSA) is 75.7 Å². The second kappa shape index (κ2) is 10.3. The van der Waals surface area contributed by atoms with Crippen molar-refractivity contribution >= 4 is 21.6 Å². The third kappa shape index (κ3) is 5.11. The van der Waals surface area contributed by atoms with Crippen LogP contribution in [0.1, 0.15) is 31.0 Å². The highest BCUT2D eigenvalue weighted by atomic mass is 32.2. The van der Waals surface area contributed by atoms with Crippen molar-refractivity contribution in [2.24, 2.45) is 0 Å². The Kier molecular flexibility index (Phi) is 7.53. The summed E-state index contributed by atoms with van der Waals surface area (Å²) < 4.78 is 33.6. The van der Waals surface area contributed by atoms with E-state index in [0.717, 1.165) is 11.1 Å². The minimum atomic E-state index is -3.95. The Morgan fingerprint density at radius 2 is 1.59 bits per heavy atom. The summed E-state index contributed by atoms with van der Waals surface area (Å²) in [6.07, 6.45) is 0.635. The number of nitrogens with zero attached hydrogens (tertiary/aromatic N) is 1. The van der Waals surface area contributed by atoms with E-state index in [4.69, 9.17) is 4.74 Å². The van der Waals surface area contributed by atoms with Crippen LogP contribution in [0.3, 0.4) is 0 Å². The van der Waals surface area contributed by atoms with Gasteiger partial charge in [-0.05, 0) is 43.2 Å². The van der Waals surface area contributed by atoms with Gasteiger partial charge in [0.25, 0.3) is 10.0 Å². The van der Waals surface area contributed by atoms with E-state index < -0.39 is 15.9 Å². The largest absolute Gasteiger partial charge is 0.496 e. The number of sulfonamides is 1. The molecular formula is C25H28N2O4S. The van der Waals surface area contributed by atoms with Crippen molar-refractivity contribution in [3.05, 3.63) is 90.0 Å². The molecule has 1 atom stereocenters. The van der Waals surface area contributed by atoms with Gasteiger partial charge in [-0.15, -0.1) is 0 Å². The van der Waals surface area contributed by atoms with Gasteiger partial charge in [-0.25, -0.2) is 8.42 Å². The van der Waals surface area contributed by atoms with Crippen molar-refractivity contribution in [2.75, 3.05) is 18.0 Å². The number of amides is 1. The number of para-hydroxylation sites is 2. The van der Waals surface area contributed by atoms with Crippen molar-refractivity contribution in [1.29, 1.82) is 0 Å². The van der Waals surface area contributed by atoms with E-state index in [1.807, 2.05) is 50.2 Å². The molecule has 0 bridgehead atoms. The van der Waals surface area contributed by atoms with Crippen molar-refractivity contribution < 1.29 is 17.9 Å². The van der Waals surface area contributed by atoms with Gasteiger partial charge in [0, 0.05) is 5.56 Å². The Hall–Kier alpha value is -3.32. The monoisotopic (exact) mass is 452 g/mol. The third-order valence-corrected chi connectivity index (χ3v) is 7.02. The summed E-state index contributed by atoms with van der Waals surface area (Å²) in [6, 6.07) is 22.4. The fraction of sp³-hybridized carbons (Fsp3) is 0.240. The molecule has 3 aromatic rings. The van der Waals surface area contributed by atoms with Gasteiger partial charge >= 0.3 is 0 Å². The van der Waals surface area contributed by atoms with Gasteiger partial charge in [-0.2, -0.15) is 0 Å². The minimum Gasteiger partial charge on any atom is -0.496 e. The molecule has 1 N–H and O–H groups in total. The van der Waals surface area contributed by atoms with Crippen LogP contribution in [0.2, 0.25) is 0 Å². The van der Waals surface area contributed by atoms with Crippen molar-refractivity contribution in [2.45, 2.75) is 31.2 Å². The molecule has 1 unspecified atom stereocenters. The van der Waals surface area contributed by atoms with Crippen molar-refractivity contribution in [1.82, 2.24) is 5.32 Å². The summed E-state index contributed by atoms with van der Waals surface area (Å²) in [7, 11) is -2.37. The molecule has 3 rings (SSSR count). The molecule has 0 radical (unpaired) electrons. The fourth-order valence-electron chi connectivity index (χ4n) is 3.59. The van der Waals surface area contributed by atoms with E-state index in [1.54, 1.807) is 37.4 Å². The first-order valence-electron chi connectivity index (χ1n) is 10.5. The van der Waals surface area contributed by atoms with Crippen LogP contribution in [0.5, 0.6) is 5.75 Å². The van der Waals surface area contributed by atoms with Crippen LogP contribution < -0.4 is 14.4 Å². The lowest BCUT2D eigenvalue weighted by atomic mass is 10.1. The summed E-state index contributed by atoms with van der Waals surface area (Å²) in [6.45, 7) is 3.45. The number of ether oxygens (including phenoxy) is 1. The predicted octanol–water partition coefficient (Wildman–Crippen LogP) is 4.33. The van der Waals surface area contributed by atoms with Gasteiger partial charge in [0.2, 0.25) is 5.91 Å². The molecule has 7 heteroatoms. The van der Waals surface area contributed by atoms with Gasteiger partial charge in [-0.3, -0.25) is 9.10 Å². The van der Waals surface area contributed by atoms with Gasteiger partial charge in [-0.1, -0.05) is 61.5 Å². The number of nitrogens with one attached hydrogen (secondary N) is 1. The molecular weight excluding hydrogens is 424 g/mol. The first-order valence-corrected chi connectivity index (χ1v) is 11.9. The summed E-state index contributed by atoms with van der Waals surface area (Å²) in [5.74, 6) is 0.249. The molecule has 0 aliphatic carbocycles. The molecule has 0 aliphatic heterocycles. The quantitative estimate of drug-likeness (QED) is 0.524. The average Bonchev–Trinajstić information content (AvgIpc) is 2.82. The summed E-state index contributed by atoms with van der Waals surface area (Å²) >= 11 is 0. The van der Waals surface area contributed by atoms with Crippen LogP contribution in [0.25, 0.3) is 0 Å². The molecule has 0 aliphatic rings. The molecule has 0 saturated carbocycles. The number of methoxy groups -OCH3 is 1. The van der Waals surface area contributed by atoms with E-state index >= 15 is 0 Å². The Morgan fingerprint density at radius 1 is 0.969 bits per heavy atom. The second-order valence-corrected chi connectivity index (χ2v) is 9.20. The summed E-state index contributed by atoms with van der Waals surface area (Å²) in [5.41, 5.74) is 2.16. The van der Waals surface area contributed by atoms with Crippen LogP contribution >= 0.6 is 0 Å². The van der Waals surface area contributed by atoms with Crippen LogP contribution in [-0.4, -0.2) is 28.0 Å². The van der Waals surface area contributed by atoms with Gasteiger partial charge in [0.05, 0.1) is 23.7 Å². The number of aryl methyl sites for hydroxylation is 1. The van der Waals surface area contributed by atoms with E-state index in [1.165, 1.54) is 16.4 Å². The summed E-state index contributed by atoms with van der Waals surface area (Å²) in [5, 5.41) is 2.91. The Bertz CT molecular complexity index is 1160. The highest BCUT2D eigenvalue weighted by Crippen LogP contribution is 2.28. The second-order valence-electron chi connectivity index (χ2n) is 7.34. The zero-order valence-corrected chi connectivity index (χ0v) is 19.3. The normalized spacial score (nSPS) is 12.1. The van der Waals surface area contributed by atoms with Crippen LogP contribution in [0.15, 0.2) is 83.8 Å². The molecule has 0 heterocycles. The maximum Gasteiger partial charge on any atom is 0.264 e. The highest BCUT2D eigenvalue weighted by Gasteiger charge is 2.29. The number of hydrogen-bond donors (Lipinski definition) is 1. The Balaban J connectivity index is 1.93. The van der Waals surface area contributed by atoms with Crippen LogP contribution in [0, 0.1) is 0 Å². The number of rotatable bonds is 9. The van der Waals surface area contributed by atoms with E-state index in [-0.39, 0.29) is 17.5 Å². The molecule has 6 nitrogen and oxygen atoms in total. The number of carbonyl (C=O) groups is 1. The van der Waals surface area contributed by atoms with Crippen molar-refractivity contribution in [3.8, 4) is 5.75 Å². The lowest BCUT2D eigenvalue weighted by Crippen LogP contribution is -2.42. The van der Waals surface area contributed by atoms with Crippen LogP contribution in [-0.2, 0) is 21.2 Å². The zero-order chi connectivity index (χ0) is 23.1. The Morgan fingerprint density at radius 3 is 2.28 bits per heavy atom. The standard InChI is InChI=1S/C25H28N2O4S/c1-4-20-12-8-10-16-23(20)27(32(29,30)21-13-6-5-7-14-21)18-25(28)26-19(2)22-15-9-11-17-24(22)31-3/h5-17,19H,4,18H2,1-3H3,(H,26,28). The average molecular weight is 453 g/mol. The lowest BCUT2D eigenvalue weighted by Gasteiger charge is -2.27. The first kappa shape index (κ1) is 23.3. The number of carbonyl (C=O) groups excluding carboxylic acids is 1. The van der Waals surface area contributed by atoms with Crippen molar-refractivity contribution in [3.63, 3.8) is 0 Å². The third-order valence-electron chi connectivity index (χ3n) is 5.24. The smallest absolute Gasteiger partial charge is 0.264 e. The molecule has 0 fully saturated rings. The SMILES string of the molecule is CCc1ccccc1N(CC(=O)NC(C)c1ccccc1OC)S(=O)(=O)c1ccccc1. The number of hydrogen-bond acceptors (Lipinski definition) is 4. The van der Waals surface area contributed by atoms with Gasteiger partial charge < -0.3 is 10.1 Å².